The van der Waals surface area contributed by atoms with Gasteiger partial charge >= 0.3 is 6.09 Å². The number of nitrogens with zero attached hydrogens (tertiary/aromatic N) is 4. The van der Waals surface area contributed by atoms with Crippen molar-refractivity contribution in [2.75, 3.05) is 0 Å². The van der Waals surface area contributed by atoms with Gasteiger partial charge in [0.05, 0.1) is 15.6 Å². The van der Waals surface area contributed by atoms with Crippen molar-refractivity contribution < 1.29 is 23.5 Å². The van der Waals surface area contributed by atoms with Gasteiger partial charge in [0.2, 0.25) is 5.89 Å². The summed E-state index contributed by atoms with van der Waals surface area (Å²) in [7, 11) is 0. The highest BCUT2D eigenvalue weighted by Gasteiger charge is 2.44. The van der Waals surface area contributed by atoms with Gasteiger partial charge in [-0.15, -0.1) is 11.3 Å². The minimum absolute atomic E-state index is 0.142. The van der Waals surface area contributed by atoms with Crippen molar-refractivity contribution >= 4 is 29.0 Å². The second-order valence-electron chi connectivity index (χ2n) is 9.81. The van der Waals surface area contributed by atoms with Gasteiger partial charge in [-0.3, -0.25) is 14.3 Å². The summed E-state index contributed by atoms with van der Waals surface area (Å²) >= 11 is 1.51. The molecule has 3 aromatic heterocycles. The summed E-state index contributed by atoms with van der Waals surface area (Å²) in [4.78, 5) is 47.7. The van der Waals surface area contributed by atoms with Gasteiger partial charge in [0.1, 0.15) is 35.7 Å². The smallest absolute Gasteiger partial charge is 0.405 e. The van der Waals surface area contributed by atoms with Crippen LogP contribution in [0.5, 0.6) is 0 Å². The molecule has 0 radical (unpaired) electrons. The Balaban J connectivity index is 1.53. The Hall–Kier alpha value is -4.12. The Morgan fingerprint density at radius 2 is 1.92 bits per heavy atom. The Morgan fingerprint density at radius 3 is 2.55 bits per heavy atom. The van der Waals surface area contributed by atoms with Crippen LogP contribution in [0.2, 0.25) is 0 Å². The number of carbonyl (C=O) groups is 3. The molecule has 1 aromatic carbocycles. The van der Waals surface area contributed by atoms with Crippen molar-refractivity contribution in [2.24, 2.45) is 5.73 Å². The maximum atomic E-state index is 14.2. The third kappa shape index (κ3) is 5.28. The molecule has 3 heterocycles. The number of amides is 1. The molecule has 1 amide bonds. The molecule has 0 saturated heterocycles. The molecular weight excluding hydrogens is 506 g/mol. The highest BCUT2D eigenvalue weighted by Crippen LogP contribution is 2.46. The number of rotatable bonds is 10. The number of ether oxygens (including phenoxy) is 1. The second-order valence-corrected chi connectivity index (χ2v) is 10.8. The minimum Gasteiger partial charge on any atom is -0.447 e. The maximum Gasteiger partial charge on any atom is 0.405 e. The zero-order valence-corrected chi connectivity index (χ0v) is 22.0. The molecule has 38 heavy (non-hydrogen) atoms. The van der Waals surface area contributed by atoms with Crippen molar-refractivity contribution in [3.63, 3.8) is 0 Å². The van der Waals surface area contributed by atoms with E-state index < -0.39 is 17.6 Å². The lowest BCUT2D eigenvalue weighted by Crippen LogP contribution is -2.41. The van der Waals surface area contributed by atoms with E-state index in [9.17, 15) is 14.4 Å². The molecule has 1 saturated carbocycles. The van der Waals surface area contributed by atoms with Gasteiger partial charge < -0.3 is 14.9 Å². The van der Waals surface area contributed by atoms with Crippen molar-refractivity contribution in [3.8, 4) is 10.4 Å². The third-order valence-electron chi connectivity index (χ3n) is 6.32. The van der Waals surface area contributed by atoms with E-state index in [2.05, 4.69) is 10.1 Å². The van der Waals surface area contributed by atoms with Crippen LogP contribution in [0, 0.1) is 0 Å². The van der Waals surface area contributed by atoms with Gasteiger partial charge in [-0.25, -0.2) is 14.8 Å². The normalized spacial score (nSPS) is 14.3. The average Bonchev–Trinajstić information content (AvgIpc) is 3.24. The van der Waals surface area contributed by atoms with Crippen LogP contribution < -0.4 is 5.73 Å². The first-order valence-electron chi connectivity index (χ1n) is 12.2. The third-order valence-corrected chi connectivity index (χ3v) is 7.59. The molecule has 2 N–H and O–H groups in total. The van der Waals surface area contributed by atoms with Crippen LogP contribution >= 0.6 is 11.3 Å². The summed E-state index contributed by atoms with van der Waals surface area (Å²) < 4.78 is 12.6. The van der Waals surface area contributed by atoms with E-state index in [0.29, 0.717) is 17.3 Å². The zero-order chi connectivity index (χ0) is 27.0. The molecule has 1 aliphatic rings. The highest BCUT2D eigenvalue weighted by atomic mass is 32.1. The van der Waals surface area contributed by atoms with Gasteiger partial charge in [0.25, 0.3) is 0 Å². The van der Waals surface area contributed by atoms with E-state index in [0.717, 1.165) is 28.3 Å². The summed E-state index contributed by atoms with van der Waals surface area (Å²) in [6, 6.07) is 11.2. The molecular formula is C27H27N5O5S. The quantitative estimate of drug-likeness (QED) is 0.282. The number of aromatic nitrogens is 4. The standard InChI is InChI=1S/C27H27N5O5S/c1-15(33)18-11-12-32(31-18)13-20-29-19(14-36-20)21(27(2,3)37-26(28)35)23(34)22-24(16-7-5-4-6-8-16)38-25(30-22)17-9-10-17/h4-8,11-12,14,17,21H,9-10,13H2,1-3H3,(H2,28,35). The largest absolute Gasteiger partial charge is 0.447 e. The number of ketones is 2. The summed E-state index contributed by atoms with van der Waals surface area (Å²) in [5.74, 6) is -0.933. The van der Waals surface area contributed by atoms with Gasteiger partial charge in [0.15, 0.2) is 11.6 Å². The fraction of sp³-hybridized carbons (Fsp3) is 0.333. The molecule has 1 atom stereocenters. The first kappa shape index (κ1) is 25.5. The Morgan fingerprint density at radius 1 is 1.18 bits per heavy atom. The van der Waals surface area contributed by atoms with Crippen molar-refractivity contribution in [2.45, 2.75) is 57.6 Å². The summed E-state index contributed by atoms with van der Waals surface area (Å²) in [6.07, 6.45) is 4.09. The van der Waals surface area contributed by atoms with Crippen LogP contribution in [0.25, 0.3) is 10.4 Å². The highest BCUT2D eigenvalue weighted by molar-refractivity contribution is 7.15. The minimum atomic E-state index is -1.36. The van der Waals surface area contributed by atoms with Crippen LogP contribution in [0.15, 0.2) is 53.3 Å². The lowest BCUT2D eigenvalue weighted by atomic mass is 9.83. The molecule has 1 unspecified atom stereocenters. The lowest BCUT2D eigenvalue weighted by molar-refractivity contribution is 0.0233. The Labute approximate surface area is 222 Å². The van der Waals surface area contributed by atoms with Gasteiger partial charge in [-0.2, -0.15) is 5.10 Å². The van der Waals surface area contributed by atoms with E-state index in [1.54, 1.807) is 26.1 Å². The van der Waals surface area contributed by atoms with E-state index in [1.807, 2.05) is 30.3 Å². The van der Waals surface area contributed by atoms with Crippen molar-refractivity contribution in [3.05, 3.63) is 76.8 Å². The number of hydrogen-bond acceptors (Lipinski definition) is 9. The molecule has 1 fully saturated rings. The zero-order valence-electron chi connectivity index (χ0n) is 21.2. The molecule has 0 spiro atoms. The Bertz CT molecular complexity index is 1500. The van der Waals surface area contributed by atoms with Gasteiger partial charge in [0, 0.05) is 19.0 Å². The molecule has 5 rings (SSSR count). The summed E-state index contributed by atoms with van der Waals surface area (Å²) in [5.41, 5.74) is 5.79. The number of hydrogen-bond donors (Lipinski definition) is 1. The molecule has 0 bridgehead atoms. The number of Topliss-reactive ketones (excluding diaryl/α,β-unsaturated/α-hetero) is 2. The van der Waals surface area contributed by atoms with Crippen LogP contribution in [0.3, 0.4) is 0 Å². The SMILES string of the molecule is CC(=O)c1ccn(Cc2nc(C(C(=O)c3nc(C4CC4)sc3-c3ccccc3)C(C)(C)OC(N)=O)co2)n1. The average molecular weight is 534 g/mol. The van der Waals surface area contributed by atoms with Crippen LogP contribution in [-0.2, 0) is 11.3 Å². The molecule has 11 heteroatoms. The van der Waals surface area contributed by atoms with E-state index in [-0.39, 0.29) is 29.7 Å². The van der Waals surface area contributed by atoms with E-state index >= 15 is 0 Å². The van der Waals surface area contributed by atoms with Crippen LogP contribution in [-0.4, -0.2) is 43.0 Å². The first-order valence-corrected chi connectivity index (χ1v) is 13.0. The fourth-order valence-electron chi connectivity index (χ4n) is 4.36. The predicted molar refractivity (Wildman–Crippen MR) is 139 cm³/mol. The van der Waals surface area contributed by atoms with Gasteiger partial charge in [-0.05, 0) is 38.3 Å². The number of primary amides is 1. The lowest BCUT2D eigenvalue weighted by Gasteiger charge is -2.30. The predicted octanol–water partition coefficient (Wildman–Crippen LogP) is 4.96. The summed E-state index contributed by atoms with van der Waals surface area (Å²) in [5, 5.41) is 5.12. The number of nitrogens with two attached hydrogens (primary N) is 1. The van der Waals surface area contributed by atoms with Gasteiger partial charge in [-0.1, -0.05) is 30.3 Å². The van der Waals surface area contributed by atoms with E-state index in [1.165, 1.54) is 29.2 Å². The number of benzene rings is 1. The molecule has 10 nitrogen and oxygen atoms in total. The molecule has 196 valence electrons. The first-order chi connectivity index (χ1) is 18.1. The second kappa shape index (κ2) is 9.97. The topological polar surface area (TPSA) is 143 Å². The summed E-state index contributed by atoms with van der Waals surface area (Å²) in [6.45, 7) is 4.79. The van der Waals surface area contributed by atoms with Crippen molar-refractivity contribution in [1.29, 1.82) is 0 Å². The number of carbonyl (C=O) groups excluding carboxylic acids is 3. The maximum absolute atomic E-state index is 14.2. The van der Waals surface area contributed by atoms with Crippen LogP contribution in [0.1, 0.15) is 83.0 Å². The molecule has 4 aromatic rings. The van der Waals surface area contributed by atoms with E-state index in [4.69, 9.17) is 19.9 Å². The van der Waals surface area contributed by atoms with Crippen molar-refractivity contribution in [1.82, 2.24) is 19.7 Å². The number of thiazole rings is 1. The number of oxazole rings is 1. The monoisotopic (exact) mass is 533 g/mol. The van der Waals surface area contributed by atoms with Crippen LogP contribution in [0.4, 0.5) is 4.79 Å². The Kier molecular flexibility index (Phi) is 6.70. The molecule has 1 aliphatic carbocycles. The molecule has 0 aliphatic heterocycles. The fourth-order valence-corrected chi connectivity index (χ4v) is 5.61.